The van der Waals surface area contributed by atoms with Crippen LogP contribution in [-0.2, 0) is 9.53 Å². The largest absolute Gasteiger partial charge is 0.465 e. The van der Waals surface area contributed by atoms with Gasteiger partial charge in [-0.05, 0) is 37.9 Å². The lowest BCUT2D eigenvalue weighted by Crippen LogP contribution is -2.22. The molecule has 0 aromatic heterocycles. The molecule has 0 aliphatic heterocycles. The molecule has 2 atom stereocenters. The Kier molecular flexibility index (Phi) is 10.5. The van der Waals surface area contributed by atoms with E-state index in [0.29, 0.717) is 18.9 Å². The third-order valence-electron chi connectivity index (χ3n) is 2.44. The van der Waals surface area contributed by atoms with Gasteiger partial charge in [0.2, 0.25) is 0 Å². The molecule has 0 saturated carbocycles. The van der Waals surface area contributed by atoms with Crippen LogP contribution in [0.15, 0.2) is 0 Å². The Balaban J connectivity index is 3.92. The minimum Gasteiger partial charge on any atom is -0.465 e. The summed E-state index contributed by atoms with van der Waals surface area (Å²) in [5.74, 6) is 1.09. The van der Waals surface area contributed by atoms with E-state index in [1.54, 1.807) is 18.7 Å². The molecule has 0 saturated heterocycles. The van der Waals surface area contributed by atoms with E-state index in [1.807, 2.05) is 13.8 Å². The van der Waals surface area contributed by atoms with Crippen molar-refractivity contribution < 1.29 is 13.9 Å². The lowest BCUT2D eigenvalue weighted by molar-refractivity contribution is -0.144. The summed E-state index contributed by atoms with van der Waals surface area (Å²) in [7, 11) is 0. The van der Waals surface area contributed by atoms with Crippen LogP contribution in [0.5, 0.6) is 0 Å². The average molecular weight is 278 g/mol. The summed E-state index contributed by atoms with van der Waals surface area (Å²) < 4.78 is 17.9. The molecule has 0 heterocycles. The summed E-state index contributed by atoms with van der Waals surface area (Å²) in [5.41, 5.74) is 0. The molecule has 0 aromatic rings. The first kappa shape index (κ1) is 17.8. The molecule has 0 aliphatic carbocycles. The molecule has 0 bridgehead atoms. The highest BCUT2D eigenvalue weighted by atomic mass is 32.2. The maximum absolute atomic E-state index is 12.6. The molecule has 0 rings (SSSR count). The van der Waals surface area contributed by atoms with Crippen molar-refractivity contribution in [3.63, 3.8) is 0 Å². The van der Waals surface area contributed by atoms with Crippen LogP contribution in [0.1, 0.15) is 53.4 Å². The van der Waals surface area contributed by atoms with Crippen molar-refractivity contribution in [3.05, 3.63) is 0 Å². The number of esters is 1. The van der Waals surface area contributed by atoms with Crippen molar-refractivity contribution in [1.29, 1.82) is 0 Å². The number of halogens is 1. The van der Waals surface area contributed by atoms with Gasteiger partial charge < -0.3 is 4.74 Å². The summed E-state index contributed by atoms with van der Waals surface area (Å²) in [6.45, 7) is 8.18. The fraction of sp³-hybridized carbons (Fsp3) is 0.929. The molecule has 0 fully saturated rings. The fourth-order valence-corrected chi connectivity index (χ4v) is 2.69. The van der Waals surface area contributed by atoms with Gasteiger partial charge in [0, 0.05) is 0 Å². The average Bonchev–Trinajstić information content (AvgIpc) is 2.29. The number of ether oxygens (including phenoxy) is 1. The predicted molar refractivity (Wildman–Crippen MR) is 76.8 cm³/mol. The predicted octanol–water partition coefficient (Wildman–Crippen LogP) is 4.23. The van der Waals surface area contributed by atoms with Gasteiger partial charge in [0.25, 0.3) is 0 Å². The minimum absolute atomic E-state index is 0.0799. The zero-order chi connectivity index (χ0) is 14.0. The molecule has 0 aliphatic rings. The molecular weight excluding hydrogens is 251 g/mol. The maximum atomic E-state index is 12.6. The lowest BCUT2D eigenvalue weighted by Gasteiger charge is -2.16. The van der Waals surface area contributed by atoms with Gasteiger partial charge in [0.15, 0.2) is 0 Å². The summed E-state index contributed by atoms with van der Waals surface area (Å²) in [4.78, 5) is 11.8. The highest BCUT2D eigenvalue weighted by molar-refractivity contribution is 8.00. The van der Waals surface area contributed by atoms with Gasteiger partial charge in [0.1, 0.15) is 5.25 Å². The van der Waals surface area contributed by atoms with Crippen molar-refractivity contribution in [3.8, 4) is 0 Å². The second-order valence-corrected chi connectivity index (χ2v) is 6.41. The number of rotatable bonds is 10. The Labute approximate surface area is 115 Å². The third kappa shape index (κ3) is 9.75. The van der Waals surface area contributed by atoms with Crippen molar-refractivity contribution in [2.75, 3.05) is 12.4 Å². The normalized spacial score (nSPS) is 14.6. The van der Waals surface area contributed by atoms with Crippen LogP contribution in [0.3, 0.4) is 0 Å². The van der Waals surface area contributed by atoms with E-state index in [1.165, 1.54) is 0 Å². The standard InChI is InChI=1S/C14H27FO2S/c1-5-7-13(14(16)17-10-11(2)3)18-9-6-8-12(4)15/h11-13H,5-10H2,1-4H3. The maximum Gasteiger partial charge on any atom is 0.319 e. The molecule has 0 radical (unpaired) electrons. The van der Waals surface area contributed by atoms with E-state index < -0.39 is 6.17 Å². The molecular formula is C14H27FO2S. The lowest BCUT2D eigenvalue weighted by atomic mass is 10.2. The van der Waals surface area contributed by atoms with Gasteiger partial charge >= 0.3 is 5.97 Å². The molecule has 0 amide bonds. The Hall–Kier alpha value is -0.250. The number of hydrogen-bond acceptors (Lipinski definition) is 3. The molecule has 2 unspecified atom stereocenters. The van der Waals surface area contributed by atoms with Gasteiger partial charge in [-0.2, -0.15) is 0 Å². The summed E-state index contributed by atoms with van der Waals surface area (Å²) in [6, 6.07) is 0. The fourth-order valence-electron chi connectivity index (χ4n) is 1.46. The molecule has 18 heavy (non-hydrogen) atoms. The van der Waals surface area contributed by atoms with Crippen LogP contribution >= 0.6 is 11.8 Å². The van der Waals surface area contributed by atoms with E-state index in [9.17, 15) is 9.18 Å². The SMILES string of the molecule is CCCC(SCCCC(C)F)C(=O)OCC(C)C. The second-order valence-electron chi connectivity index (χ2n) is 5.09. The van der Waals surface area contributed by atoms with E-state index in [-0.39, 0.29) is 11.2 Å². The first-order valence-corrected chi connectivity index (χ1v) is 7.94. The first-order chi connectivity index (χ1) is 8.47. The number of alkyl halides is 1. The van der Waals surface area contributed by atoms with Crippen LogP contribution < -0.4 is 0 Å². The van der Waals surface area contributed by atoms with E-state index >= 15 is 0 Å². The molecule has 108 valence electrons. The van der Waals surface area contributed by atoms with E-state index in [4.69, 9.17) is 4.74 Å². The number of carbonyl (C=O) groups is 1. The van der Waals surface area contributed by atoms with Gasteiger partial charge in [0.05, 0.1) is 12.8 Å². The third-order valence-corrected chi connectivity index (χ3v) is 3.79. The van der Waals surface area contributed by atoms with Gasteiger partial charge in [-0.25, -0.2) is 4.39 Å². The second kappa shape index (κ2) is 10.7. The van der Waals surface area contributed by atoms with Crippen molar-refractivity contribution in [1.82, 2.24) is 0 Å². The van der Waals surface area contributed by atoms with Crippen molar-refractivity contribution >= 4 is 17.7 Å². The highest BCUT2D eigenvalue weighted by Crippen LogP contribution is 2.20. The van der Waals surface area contributed by atoms with Crippen LogP contribution in [0.25, 0.3) is 0 Å². The first-order valence-electron chi connectivity index (χ1n) is 6.89. The Morgan fingerprint density at radius 2 is 1.94 bits per heavy atom. The molecule has 4 heteroatoms. The zero-order valence-corrected chi connectivity index (χ0v) is 12.9. The number of hydrogen-bond donors (Lipinski definition) is 0. The summed E-state index contributed by atoms with van der Waals surface area (Å²) in [5, 5.41) is -0.0799. The van der Waals surface area contributed by atoms with Crippen LogP contribution in [-0.4, -0.2) is 29.8 Å². The van der Waals surface area contributed by atoms with Crippen LogP contribution in [0.4, 0.5) is 4.39 Å². The molecule has 0 N–H and O–H groups in total. The zero-order valence-electron chi connectivity index (χ0n) is 12.1. The Morgan fingerprint density at radius 3 is 2.44 bits per heavy atom. The van der Waals surface area contributed by atoms with Gasteiger partial charge in [-0.3, -0.25) is 4.79 Å². The molecule has 0 spiro atoms. The smallest absolute Gasteiger partial charge is 0.319 e. The highest BCUT2D eigenvalue weighted by Gasteiger charge is 2.19. The minimum atomic E-state index is -0.747. The van der Waals surface area contributed by atoms with E-state index in [0.717, 1.165) is 25.0 Å². The monoisotopic (exact) mass is 278 g/mol. The van der Waals surface area contributed by atoms with Crippen LogP contribution in [0, 0.1) is 5.92 Å². The topological polar surface area (TPSA) is 26.3 Å². The summed E-state index contributed by atoms with van der Waals surface area (Å²) in [6.07, 6.45) is 2.45. The van der Waals surface area contributed by atoms with Gasteiger partial charge in [-0.1, -0.05) is 27.2 Å². The quantitative estimate of drug-likeness (QED) is 0.442. The van der Waals surface area contributed by atoms with Crippen molar-refractivity contribution in [2.45, 2.75) is 64.8 Å². The van der Waals surface area contributed by atoms with Crippen LogP contribution in [0.2, 0.25) is 0 Å². The molecule has 2 nitrogen and oxygen atoms in total. The number of thioether (sulfide) groups is 1. The van der Waals surface area contributed by atoms with E-state index in [2.05, 4.69) is 6.92 Å². The number of carbonyl (C=O) groups excluding carboxylic acids is 1. The Morgan fingerprint density at radius 1 is 1.28 bits per heavy atom. The Bertz CT molecular complexity index is 220. The van der Waals surface area contributed by atoms with Crippen molar-refractivity contribution in [2.24, 2.45) is 5.92 Å². The molecule has 0 aromatic carbocycles. The van der Waals surface area contributed by atoms with Gasteiger partial charge in [-0.15, -0.1) is 11.8 Å². The summed E-state index contributed by atoms with van der Waals surface area (Å²) >= 11 is 1.61.